The van der Waals surface area contributed by atoms with Crippen LogP contribution >= 0.6 is 11.3 Å². The first kappa shape index (κ1) is 22.4. The molecule has 3 heterocycles. The summed E-state index contributed by atoms with van der Waals surface area (Å²) >= 11 is 1.86. The summed E-state index contributed by atoms with van der Waals surface area (Å²) in [6.45, 7) is 4.86. The monoisotopic (exact) mass is 468 g/mol. The molecule has 2 aromatic heterocycles. The van der Waals surface area contributed by atoms with Crippen molar-refractivity contribution in [3.05, 3.63) is 40.0 Å². The SMILES string of the molecule is COc1ccc(CN(C)c2nc(CN3CCOCC3)nc3sc4c(c23)CCCC4)c(OC)c1. The van der Waals surface area contributed by atoms with Gasteiger partial charge in [0.15, 0.2) is 0 Å². The van der Waals surface area contributed by atoms with Crippen molar-refractivity contribution in [2.45, 2.75) is 38.8 Å². The van der Waals surface area contributed by atoms with E-state index in [1.54, 1.807) is 14.2 Å². The Kier molecular flexibility index (Phi) is 6.66. The van der Waals surface area contributed by atoms with Crippen LogP contribution < -0.4 is 14.4 Å². The highest BCUT2D eigenvalue weighted by molar-refractivity contribution is 7.19. The molecule has 0 radical (unpaired) electrons. The number of aryl methyl sites for hydroxylation is 2. The number of thiophene rings is 1. The summed E-state index contributed by atoms with van der Waals surface area (Å²) < 4.78 is 16.5. The lowest BCUT2D eigenvalue weighted by molar-refractivity contribution is 0.0331. The zero-order valence-electron chi connectivity index (χ0n) is 19.7. The molecule has 3 aromatic rings. The first-order valence-corrected chi connectivity index (χ1v) is 12.5. The Morgan fingerprint density at radius 1 is 1.09 bits per heavy atom. The molecular formula is C25H32N4O3S. The molecule has 1 aliphatic carbocycles. The van der Waals surface area contributed by atoms with Crippen molar-refractivity contribution in [2.24, 2.45) is 0 Å². The molecule has 0 N–H and O–H groups in total. The van der Waals surface area contributed by atoms with Crippen LogP contribution in [-0.4, -0.2) is 62.4 Å². The van der Waals surface area contributed by atoms with Crippen LogP contribution in [0.25, 0.3) is 10.2 Å². The third kappa shape index (κ3) is 4.65. The summed E-state index contributed by atoms with van der Waals surface area (Å²) in [4.78, 5) is 17.4. The summed E-state index contributed by atoms with van der Waals surface area (Å²) in [5.74, 6) is 3.54. The minimum atomic E-state index is 0.695. The van der Waals surface area contributed by atoms with Crippen molar-refractivity contribution in [1.82, 2.24) is 14.9 Å². The highest BCUT2D eigenvalue weighted by Crippen LogP contribution is 2.40. The number of benzene rings is 1. The minimum Gasteiger partial charge on any atom is -0.497 e. The average Bonchev–Trinajstić information content (AvgIpc) is 3.22. The maximum Gasteiger partial charge on any atom is 0.146 e. The molecule has 0 saturated carbocycles. The Morgan fingerprint density at radius 3 is 2.70 bits per heavy atom. The van der Waals surface area contributed by atoms with E-state index in [9.17, 15) is 0 Å². The van der Waals surface area contributed by atoms with E-state index in [-0.39, 0.29) is 0 Å². The highest BCUT2D eigenvalue weighted by atomic mass is 32.1. The number of ether oxygens (including phenoxy) is 3. The number of rotatable bonds is 7. The van der Waals surface area contributed by atoms with Crippen LogP contribution in [0.2, 0.25) is 0 Å². The van der Waals surface area contributed by atoms with Gasteiger partial charge in [-0.15, -0.1) is 11.3 Å². The van der Waals surface area contributed by atoms with Crippen LogP contribution in [0.5, 0.6) is 11.5 Å². The van der Waals surface area contributed by atoms with E-state index in [1.165, 1.54) is 28.7 Å². The molecule has 0 amide bonds. The number of nitrogens with zero attached hydrogens (tertiary/aromatic N) is 4. The Bertz CT molecular complexity index is 1130. The van der Waals surface area contributed by atoms with Gasteiger partial charge >= 0.3 is 0 Å². The number of anilines is 1. The van der Waals surface area contributed by atoms with Crippen LogP contribution in [0.1, 0.15) is 34.7 Å². The predicted octanol–water partition coefficient (Wildman–Crippen LogP) is 4.06. The Hall–Kier alpha value is -2.42. The molecular weight excluding hydrogens is 436 g/mol. The zero-order valence-corrected chi connectivity index (χ0v) is 20.5. The molecule has 33 heavy (non-hydrogen) atoms. The summed E-state index contributed by atoms with van der Waals surface area (Å²) in [5.41, 5.74) is 2.56. The van der Waals surface area contributed by atoms with E-state index in [4.69, 9.17) is 24.2 Å². The first-order chi connectivity index (χ1) is 16.2. The van der Waals surface area contributed by atoms with E-state index >= 15 is 0 Å². The Morgan fingerprint density at radius 2 is 1.91 bits per heavy atom. The predicted molar refractivity (Wildman–Crippen MR) is 132 cm³/mol. The zero-order chi connectivity index (χ0) is 22.8. The summed E-state index contributed by atoms with van der Waals surface area (Å²) in [5, 5.41) is 1.25. The average molecular weight is 469 g/mol. The van der Waals surface area contributed by atoms with E-state index in [1.807, 2.05) is 23.5 Å². The molecule has 0 bridgehead atoms. The van der Waals surface area contributed by atoms with Crippen LogP contribution in [-0.2, 0) is 30.7 Å². The molecule has 0 spiro atoms. The van der Waals surface area contributed by atoms with Crippen LogP contribution in [0.4, 0.5) is 5.82 Å². The molecule has 0 unspecified atom stereocenters. The van der Waals surface area contributed by atoms with Crippen molar-refractivity contribution in [1.29, 1.82) is 0 Å². The van der Waals surface area contributed by atoms with Crippen LogP contribution in [0.15, 0.2) is 18.2 Å². The maximum absolute atomic E-state index is 5.66. The van der Waals surface area contributed by atoms with E-state index in [0.717, 1.165) is 79.2 Å². The fraction of sp³-hybridized carbons (Fsp3) is 0.520. The summed E-state index contributed by atoms with van der Waals surface area (Å²) in [6.07, 6.45) is 4.78. The lowest BCUT2D eigenvalue weighted by Gasteiger charge is -2.27. The van der Waals surface area contributed by atoms with Crippen molar-refractivity contribution in [3.63, 3.8) is 0 Å². The molecule has 7 nitrogen and oxygen atoms in total. The Balaban J connectivity index is 1.52. The third-order valence-corrected chi connectivity index (χ3v) is 7.76. The largest absolute Gasteiger partial charge is 0.497 e. The molecule has 1 saturated heterocycles. The number of hydrogen-bond donors (Lipinski definition) is 0. The fourth-order valence-electron chi connectivity index (χ4n) is 4.80. The van der Waals surface area contributed by atoms with Gasteiger partial charge in [-0.2, -0.15) is 0 Å². The second kappa shape index (κ2) is 9.83. The summed E-state index contributed by atoms with van der Waals surface area (Å²) in [6, 6.07) is 6.00. The fourth-order valence-corrected chi connectivity index (χ4v) is 6.07. The standard InChI is InChI=1S/C25H32N4O3S/c1-28(15-17-8-9-18(30-2)14-20(17)31-3)24-23-19-6-4-5-7-21(19)33-25(23)27-22(26-24)16-29-10-12-32-13-11-29/h8-9,14H,4-7,10-13,15-16H2,1-3H3. The lowest BCUT2D eigenvalue weighted by atomic mass is 9.97. The molecule has 1 aliphatic heterocycles. The van der Waals surface area contributed by atoms with Crippen LogP contribution in [0.3, 0.4) is 0 Å². The van der Waals surface area contributed by atoms with Crippen molar-refractivity contribution >= 4 is 27.4 Å². The number of aromatic nitrogens is 2. The van der Waals surface area contributed by atoms with E-state index in [2.05, 4.69) is 22.9 Å². The topological polar surface area (TPSA) is 60.0 Å². The van der Waals surface area contributed by atoms with Crippen molar-refractivity contribution in [2.75, 3.05) is 52.5 Å². The van der Waals surface area contributed by atoms with Gasteiger partial charge in [0, 0.05) is 43.2 Å². The Labute approximate surface area is 199 Å². The van der Waals surface area contributed by atoms with Gasteiger partial charge in [0.1, 0.15) is 28.0 Å². The molecule has 5 rings (SSSR count). The van der Waals surface area contributed by atoms with Gasteiger partial charge in [0.05, 0.1) is 39.4 Å². The molecule has 1 aromatic carbocycles. The molecule has 1 fully saturated rings. The normalized spacial score (nSPS) is 16.6. The number of morpholine rings is 1. The highest BCUT2D eigenvalue weighted by Gasteiger charge is 2.24. The quantitative estimate of drug-likeness (QED) is 0.518. The number of methoxy groups -OCH3 is 2. The third-order valence-electron chi connectivity index (χ3n) is 6.57. The van der Waals surface area contributed by atoms with Crippen LogP contribution in [0, 0.1) is 0 Å². The van der Waals surface area contributed by atoms with Gasteiger partial charge in [-0.3, -0.25) is 4.90 Å². The van der Waals surface area contributed by atoms with Crippen molar-refractivity contribution in [3.8, 4) is 11.5 Å². The summed E-state index contributed by atoms with van der Waals surface area (Å²) in [7, 11) is 5.50. The molecule has 176 valence electrons. The maximum atomic E-state index is 5.66. The van der Waals surface area contributed by atoms with Gasteiger partial charge < -0.3 is 19.1 Å². The number of fused-ring (bicyclic) bond motifs is 3. The lowest BCUT2D eigenvalue weighted by Crippen LogP contribution is -2.36. The van der Waals surface area contributed by atoms with E-state index in [0.29, 0.717) is 6.54 Å². The van der Waals surface area contributed by atoms with Gasteiger partial charge in [0.2, 0.25) is 0 Å². The number of hydrogen-bond acceptors (Lipinski definition) is 8. The first-order valence-electron chi connectivity index (χ1n) is 11.7. The molecule has 2 aliphatic rings. The molecule has 0 atom stereocenters. The van der Waals surface area contributed by atoms with Gasteiger partial charge in [-0.05, 0) is 43.4 Å². The smallest absolute Gasteiger partial charge is 0.146 e. The van der Waals surface area contributed by atoms with Gasteiger partial charge in [0.25, 0.3) is 0 Å². The van der Waals surface area contributed by atoms with E-state index < -0.39 is 0 Å². The van der Waals surface area contributed by atoms with Crippen molar-refractivity contribution < 1.29 is 14.2 Å². The van der Waals surface area contributed by atoms with Gasteiger partial charge in [-0.1, -0.05) is 0 Å². The second-order valence-electron chi connectivity index (χ2n) is 8.78. The molecule has 8 heteroatoms. The van der Waals surface area contributed by atoms with Gasteiger partial charge in [-0.25, -0.2) is 9.97 Å². The second-order valence-corrected chi connectivity index (χ2v) is 9.86. The minimum absolute atomic E-state index is 0.695.